The van der Waals surface area contributed by atoms with E-state index in [0.717, 1.165) is 4.40 Å². The molecular formula is C14H14N2O5. The minimum Gasteiger partial charge on any atom is -0.478 e. The summed E-state index contributed by atoms with van der Waals surface area (Å²) in [6.07, 6.45) is 0.672. The first-order chi connectivity index (χ1) is 9.92. The van der Waals surface area contributed by atoms with Crippen molar-refractivity contribution in [1.29, 1.82) is 0 Å². The van der Waals surface area contributed by atoms with Gasteiger partial charge in [-0.25, -0.2) is 14.6 Å². The van der Waals surface area contributed by atoms with Crippen molar-refractivity contribution >= 4 is 17.6 Å². The van der Waals surface area contributed by atoms with Crippen LogP contribution in [0.2, 0.25) is 0 Å². The van der Waals surface area contributed by atoms with Crippen molar-refractivity contribution in [2.75, 3.05) is 0 Å². The predicted octanol–water partition coefficient (Wildman–Crippen LogP) is 1.22. The number of carbonyl (C=O) groups is 2. The number of carboxylic acids is 2. The summed E-state index contributed by atoms with van der Waals surface area (Å²) in [5.74, 6) is -2.58. The molecule has 0 spiro atoms. The standard InChI is InChI=1S/C14H14N2O5/c1-3-7-5-6-8(13(18)19)11-15-9(4-2)10(14(20)21)12(17)16(7)11/h5-6H,3-4H2,1-2H3,(H,18,19)(H,20,21). The zero-order chi connectivity index (χ0) is 15.7. The highest BCUT2D eigenvalue weighted by molar-refractivity contribution is 5.95. The smallest absolute Gasteiger partial charge is 0.343 e. The highest BCUT2D eigenvalue weighted by Gasteiger charge is 2.22. The van der Waals surface area contributed by atoms with Gasteiger partial charge >= 0.3 is 11.9 Å². The summed E-state index contributed by atoms with van der Waals surface area (Å²) in [5.41, 5.74) is -0.706. The zero-order valence-corrected chi connectivity index (χ0v) is 11.6. The fourth-order valence-electron chi connectivity index (χ4n) is 2.25. The van der Waals surface area contributed by atoms with Crippen LogP contribution in [-0.4, -0.2) is 31.5 Å². The van der Waals surface area contributed by atoms with Crippen molar-refractivity contribution in [3.05, 3.63) is 45.0 Å². The van der Waals surface area contributed by atoms with E-state index >= 15 is 0 Å². The molecule has 7 heteroatoms. The first-order valence-electron chi connectivity index (χ1n) is 6.46. The van der Waals surface area contributed by atoms with Crippen molar-refractivity contribution in [3.8, 4) is 0 Å². The normalized spacial score (nSPS) is 10.8. The SMILES string of the molecule is CCc1nc2c(C(=O)O)ccc(CC)n2c(=O)c1C(=O)O. The van der Waals surface area contributed by atoms with Crippen LogP contribution in [-0.2, 0) is 12.8 Å². The second kappa shape index (κ2) is 5.35. The molecule has 0 aliphatic rings. The molecule has 21 heavy (non-hydrogen) atoms. The van der Waals surface area contributed by atoms with Crippen LogP contribution >= 0.6 is 0 Å². The molecule has 0 aliphatic carbocycles. The maximum Gasteiger partial charge on any atom is 0.343 e. The molecule has 0 aliphatic heterocycles. The summed E-state index contributed by atoms with van der Waals surface area (Å²) < 4.78 is 1.08. The Bertz CT molecular complexity index is 807. The quantitative estimate of drug-likeness (QED) is 0.876. The van der Waals surface area contributed by atoms with Crippen LogP contribution in [0.3, 0.4) is 0 Å². The highest BCUT2D eigenvalue weighted by atomic mass is 16.4. The van der Waals surface area contributed by atoms with Crippen LogP contribution in [0.5, 0.6) is 0 Å². The predicted molar refractivity (Wildman–Crippen MR) is 74.1 cm³/mol. The van der Waals surface area contributed by atoms with Crippen molar-refractivity contribution in [2.24, 2.45) is 0 Å². The number of pyridine rings is 1. The van der Waals surface area contributed by atoms with Gasteiger partial charge in [-0.05, 0) is 25.0 Å². The summed E-state index contributed by atoms with van der Waals surface area (Å²) in [6, 6.07) is 2.87. The van der Waals surface area contributed by atoms with Crippen LogP contribution in [0, 0.1) is 0 Å². The van der Waals surface area contributed by atoms with Crippen LogP contribution in [0.15, 0.2) is 16.9 Å². The number of aromatic carboxylic acids is 2. The van der Waals surface area contributed by atoms with Crippen molar-refractivity contribution < 1.29 is 19.8 Å². The summed E-state index contributed by atoms with van der Waals surface area (Å²) in [6.45, 7) is 3.45. The number of fused-ring (bicyclic) bond motifs is 1. The van der Waals surface area contributed by atoms with Gasteiger partial charge in [0.25, 0.3) is 5.56 Å². The molecule has 0 amide bonds. The summed E-state index contributed by atoms with van der Waals surface area (Å²) >= 11 is 0. The summed E-state index contributed by atoms with van der Waals surface area (Å²) in [5, 5.41) is 18.4. The molecule has 2 aromatic heterocycles. The van der Waals surface area contributed by atoms with E-state index in [1.54, 1.807) is 13.8 Å². The molecule has 110 valence electrons. The maximum absolute atomic E-state index is 12.5. The Labute approximate surface area is 119 Å². The molecule has 0 aromatic carbocycles. The Morgan fingerprint density at radius 3 is 2.29 bits per heavy atom. The highest BCUT2D eigenvalue weighted by Crippen LogP contribution is 2.14. The van der Waals surface area contributed by atoms with Gasteiger partial charge in [0, 0.05) is 5.69 Å². The fourth-order valence-corrected chi connectivity index (χ4v) is 2.25. The molecular weight excluding hydrogens is 276 g/mol. The number of aryl methyl sites for hydroxylation is 2. The molecule has 0 unspecified atom stereocenters. The molecule has 0 atom stereocenters. The van der Waals surface area contributed by atoms with Gasteiger partial charge in [-0.1, -0.05) is 13.8 Å². The van der Waals surface area contributed by atoms with Gasteiger partial charge in [0.05, 0.1) is 5.69 Å². The van der Waals surface area contributed by atoms with Gasteiger partial charge < -0.3 is 10.2 Å². The molecule has 2 aromatic rings. The molecule has 0 fully saturated rings. The Hall–Kier alpha value is -2.70. The Morgan fingerprint density at radius 1 is 1.14 bits per heavy atom. The first kappa shape index (κ1) is 14.7. The number of hydrogen-bond donors (Lipinski definition) is 2. The van der Waals surface area contributed by atoms with Crippen molar-refractivity contribution in [1.82, 2.24) is 9.38 Å². The lowest BCUT2D eigenvalue weighted by molar-refractivity contribution is 0.0686. The van der Waals surface area contributed by atoms with Gasteiger partial charge in [0.2, 0.25) is 0 Å². The Balaban J connectivity index is 3.08. The number of nitrogens with zero attached hydrogens (tertiary/aromatic N) is 2. The maximum atomic E-state index is 12.5. The van der Waals surface area contributed by atoms with Gasteiger partial charge in [-0.15, -0.1) is 0 Å². The second-order valence-corrected chi connectivity index (χ2v) is 4.45. The van der Waals surface area contributed by atoms with Gasteiger partial charge in [0.1, 0.15) is 11.1 Å². The van der Waals surface area contributed by atoms with Crippen molar-refractivity contribution in [3.63, 3.8) is 0 Å². The minimum atomic E-state index is -1.36. The zero-order valence-electron chi connectivity index (χ0n) is 11.6. The van der Waals surface area contributed by atoms with E-state index < -0.39 is 23.1 Å². The molecule has 0 saturated carbocycles. The first-order valence-corrected chi connectivity index (χ1v) is 6.46. The van der Waals surface area contributed by atoms with E-state index in [9.17, 15) is 24.6 Å². The fraction of sp³-hybridized carbons (Fsp3) is 0.286. The van der Waals surface area contributed by atoms with E-state index in [0.29, 0.717) is 12.1 Å². The van der Waals surface area contributed by atoms with Crippen LogP contribution in [0.4, 0.5) is 0 Å². The van der Waals surface area contributed by atoms with E-state index in [4.69, 9.17) is 0 Å². The average Bonchev–Trinajstić information content (AvgIpc) is 2.44. The summed E-state index contributed by atoms with van der Waals surface area (Å²) in [7, 11) is 0. The van der Waals surface area contributed by atoms with Gasteiger partial charge in [-0.3, -0.25) is 9.20 Å². The third-order valence-corrected chi connectivity index (χ3v) is 3.27. The Kier molecular flexibility index (Phi) is 3.75. The van der Waals surface area contributed by atoms with E-state index in [-0.39, 0.29) is 23.3 Å². The molecule has 0 saturated heterocycles. The van der Waals surface area contributed by atoms with Crippen molar-refractivity contribution in [2.45, 2.75) is 26.7 Å². The number of carboxylic acid groups (broad SMARTS) is 2. The number of aromatic nitrogens is 2. The third kappa shape index (κ3) is 2.26. The van der Waals surface area contributed by atoms with Crippen LogP contribution in [0.25, 0.3) is 5.65 Å². The third-order valence-electron chi connectivity index (χ3n) is 3.27. The van der Waals surface area contributed by atoms with E-state index in [2.05, 4.69) is 4.98 Å². The monoisotopic (exact) mass is 290 g/mol. The molecule has 2 heterocycles. The second-order valence-electron chi connectivity index (χ2n) is 4.45. The van der Waals surface area contributed by atoms with Gasteiger partial charge in [0.15, 0.2) is 5.65 Å². The van der Waals surface area contributed by atoms with E-state index in [1.165, 1.54) is 12.1 Å². The Morgan fingerprint density at radius 2 is 1.81 bits per heavy atom. The minimum absolute atomic E-state index is 0.0197. The van der Waals surface area contributed by atoms with Crippen LogP contribution < -0.4 is 5.56 Å². The molecule has 0 bridgehead atoms. The van der Waals surface area contributed by atoms with Crippen LogP contribution in [0.1, 0.15) is 46.0 Å². The average molecular weight is 290 g/mol. The number of rotatable bonds is 4. The van der Waals surface area contributed by atoms with Gasteiger partial charge in [-0.2, -0.15) is 0 Å². The molecule has 7 nitrogen and oxygen atoms in total. The lowest BCUT2D eigenvalue weighted by Crippen LogP contribution is -2.28. The number of hydrogen-bond acceptors (Lipinski definition) is 4. The molecule has 0 radical (unpaired) electrons. The molecule has 2 N–H and O–H groups in total. The van der Waals surface area contributed by atoms with E-state index in [1.807, 2.05) is 0 Å². The topological polar surface area (TPSA) is 109 Å². The lowest BCUT2D eigenvalue weighted by Gasteiger charge is -2.12. The summed E-state index contributed by atoms with van der Waals surface area (Å²) in [4.78, 5) is 39.1. The lowest BCUT2D eigenvalue weighted by atomic mass is 10.1. The largest absolute Gasteiger partial charge is 0.478 e. The molecule has 2 rings (SSSR count).